The first-order valence-corrected chi connectivity index (χ1v) is 8.86. The zero-order valence-electron chi connectivity index (χ0n) is 14.6. The van der Waals surface area contributed by atoms with Crippen molar-refractivity contribution < 1.29 is 14.1 Å². The smallest absolute Gasteiger partial charge is 0.271 e. The molecule has 1 heterocycles. The van der Waals surface area contributed by atoms with Crippen LogP contribution in [-0.4, -0.2) is 10.8 Å². The van der Waals surface area contributed by atoms with Crippen molar-refractivity contribution in [1.82, 2.24) is 0 Å². The third-order valence-corrected chi connectivity index (χ3v) is 4.35. The van der Waals surface area contributed by atoms with Crippen LogP contribution in [0, 0.1) is 21.4 Å². The number of furan rings is 1. The number of carbonyl (C=O) groups excluding carboxylic acids is 1. The number of hydrogen-bond donors (Lipinski definition) is 1. The van der Waals surface area contributed by atoms with Crippen molar-refractivity contribution in [2.75, 3.05) is 5.32 Å². The Labute approximate surface area is 174 Å². The van der Waals surface area contributed by atoms with E-state index >= 15 is 0 Å². The van der Waals surface area contributed by atoms with E-state index in [1.807, 2.05) is 6.07 Å². The molecule has 2 aromatic carbocycles. The molecule has 0 saturated carbocycles. The molecule has 3 aromatic rings. The summed E-state index contributed by atoms with van der Waals surface area (Å²) in [4.78, 5) is 22.5. The molecule has 0 aliphatic heterocycles. The summed E-state index contributed by atoms with van der Waals surface area (Å²) >= 11 is 11.9. The highest BCUT2D eigenvalue weighted by Crippen LogP contribution is 2.28. The van der Waals surface area contributed by atoms with Gasteiger partial charge in [-0.05, 0) is 30.3 Å². The van der Waals surface area contributed by atoms with E-state index < -0.39 is 10.8 Å². The second-order valence-corrected chi connectivity index (χ2v) is 6.60. The van der Waals surface area contributed by atoms with Gasteiger partial charge in [-0.25, -0.2) is 0 Å². The maximum Gasteiger partial charge on any atom is 0.271 e. The number of nitrogens with one attached hydrogen (secondary N) is 1. The normalized spacial score (nSPS) is 11.0. The Kier molecular flexibility index (Phi) is 5.98. The molecule has 3 rings (SSSR count). The predicted octanol–water partition coefficient (Wildman–Crippen LogP) is 5.71. The first-order chi connectivity index (χ1) is 13.9. The molecule has 0 bridgehead atoms. The third kappa shape index (κ3) is 4.82. The van der Waals surface area contributed by atoms with Crippen molar-refractivity contribution in [2.45, 2.75) is 0 Å². The summed E-state index contributed by atoms with van der Waals surface area (Å²) in [5.41, 5.74) is 0.444. The Bertz CT molecular complexity index is 1180. The van der Waals surface area contributed by atoms with Gasteiger partial charge < -0.3 is 9.73 Å². The number of amides is 1. The van der Waals surface area contributed by atoms with Crippen LogP contribution in [0.3, 0.4) is 0 Å². The van der Waals surface area contributed by atoms with Gasteiger partial charge in [0.1, 0.15) is 23.2 Å². The lowest BCUT2D eigenvalue weighted by Gasteiger charge is -2.06. The van der Waals surface area contributed by atoms with Gasteiger partial charge >= 0.3 is 0 Å². The fraction of sp³-hybridized carbons (Fsp3) is 0. The predicted molar refractivity (Wildman–Crippen MR) is 109 cm³/mol. The van der Waals surface area contributed by atoms with Crippen molar-refractivity contribution in [3.8, 4) is 17.4 Å². The van der Waals surface area contributed by atoms with Crippen LogP contribution < -0.4 is 5.32 Å². The van der Waals surface area contributed by atoms with Crippen molar-refractivity contribution in [3.63, 3.8) is 0 Å². The van der Waals surface area contributed by atoms with E-state index in [1.54, 1.807) is 36.4 Å². The molecule has 0 aliphatic carbocycles. The summed E-state index contributed by atoms with van der Waals surface area (Å²) in [5, 5.41) is 23.1. The molecule has 0 fully saturated rings. The summed E-state index contributed by atoms with van der Waals surface area (Å²) in [6.07, 6.45) is 1.28. The molecule has 0 atom stereocenters. The zero-order chi connectivity index (χ0) is 21.0. The average molecular weight is 428 g/mol. The van der Waals surface area contributed by atoms with Gasteiger partial charge in [0, 0.05) is 28.8 Å². The molecular weight excluding hydrogens is 417 g/mol. The second kappa shape index (κ2) is 8.61. The van der Waals surface area contributed by atoms with Gasteiger partial charge in [0.25, 0.3) is 11.6 Å². The summed E-state index contributed by atoms with van der Waals surface area (Å²) in [7, 11) is 0. The topological polar surface area (TPSA) is 109 Å². The molecule has 1 N–H and O–H groups in total. The van der Waals surface area contributed by atoms with E-state index in [9.17, 15) is 20.2 Å². The first-order valence-electron chi connectivity index (χ1n) is 8.10. The standard InChI is InChI=1S/C20H11Cl2N3O4/c21-14-3-1-2-12(8-14)19-7-5-16(29-19)9-13(11-23)20(26)24-18-6-4-15(25(27)28)10-17(18)22/h1-10H,(H,24,26). The van der Waals surface area contributed by atoms with Gasteiger partial charge in [0.15, 0.2) is 0 Å². The Morgan fingerprint density at radius 1 is 1.17 bits per heavy atom. The average Bonchev–Trinajstić information content (AvgIpc) is 3.16. The molecule has 0 aliphatic rings. The van der Waals surface area contributed by atoms with Crippen molar-refractivity contribution >= 4 is 46.6 Å². The fourth-order valence-electron chi connectivity index (χ4n) is 2.43. The van der Waals surface area contributed by atoms with Gasteiger partial charge in [0.05, 0.1) is 15.6 Å². The van der Waals surface area contributed by atoms with Gasteiger partial charge in [-0.3, -0.25) is 14.9 Å². The number of rotatable bonds is 5. The van der Waals surface area contributed by atoms with E-state index in [0.29, 0.717) is 16.5 Å². The minimum atomic E-state index is -0.732. The molecule has 0 spiro atoms. The molecule has 29 heavy (non-hydrogen) atoms. The second-order valence-electron chi connectivity index (χ2n) is 5.76. The van der Waals surface area contributed by atoms with Crippen LogP contribution in [-0.2, 0) is 4.79 Å². The number of nitro benzene ring substituents is 1. The monoisotopic (exact) mass is 427 g/mol. The van der Waals surface area contributed by atoms with Crippen LogP contribution >= 0.6 is 23.2 Å². The molecule has 0 saturated heterocycles. The van der Waals surface area contributed by atoms with Crippen LogP contribution in [0.2, 0.25) is 10.0 Å². The number of nitriles is 1. The summed E-state index contributed by atoms with van der Waals surface area (Å²) in [6.45, 7) is 0. The Hall–Kier alpha value is -3.60. The molecule has 0 unspecified atom stereocenters. The number of hydrogen-bond acceptors (Lipinski definition) is 5. The van der Waals surface area contributed by atoms with E-state index in [2.05, 4.69) is 5.32 Å². The molecule has 0 radical (unpaired) electrons. The molecule has 7 nitrogen and oxygen atoms in total. The fourth-order valence-corrected chi connectivity index (χ4v) is 2.84. The highest BCUT2D eigenvalue weighted by Gasteiger charge is 2.15. The summed E-state index contributed by atoms with van der Waals surface area (Å²) in [5.74, 6) is 0.0836. The number of nitro groups is 1. The van der Waals surface area contributed by atoms with E-state index in [1.165, 1.54) is 18.2 Å². The Balaban J connectivity index is 1.81. The van der Waals surface area contributed by atoms with E-state index in [0.717, 1.165) is 11.6 Å². The highest BCUT2D eigenvalue weighted by molar-refractivity contribution is 6.34. The maximum atomic E-state index is 12.4. The molecule has 1 amide bonds. The number of nitrogens with zero attached hydrogens (tertiary/aromatic N) is 2. The molecule has 144 valence electrons. The number of benzene rings is 2. The van der Waals surface area contributed by atoms with Gasteiger partial charge in [-0.1, -0.05) is 35.3 Å². The van der Waals surface area contributed by atoms with Crippen LogP contribution in [0.1, 0.15) is 5.76 Å². The van der Waals surface area contributed by atoms with Gasteiger partial charge in [-0.2, -0.15) is 5.26 Å². The van der Waals surface area contributed by atoms with Crippen LogP contribution in [0.15, 0.2) is 64.6 Å². The third-order valence-electron chi connectivity index (χ3n) is 3.80. The van der Waals surface area contributed by atoms with Crippen LogP contribution in [0.4, 0.5) is 11.4 Å². The highest BCUT2D eigenvalue weighted by atomic mass is 35.5. The summed E-state index contributed by atoms with van der Waals surface area (Å²) in [6, 6.07) is 15.7. The number of halogens is 2. The van der Waals surface area contributed by atoms with Crippen molar-refractivity contribution in [2.24, 2.45) is 0 Å². The van der Waals surface area contributed by atoms with Crippen molar-refractivity contribution in [3.05, 3.63) is 86.1 Å². The van der Waals surface area contributed by atoms with Gasteiger partial charge in [0.2, 0.25) is 0 Å². The maximum absolute atomic E-state index is 12.4. The van der Waals surface area contributed by atoms with Crippen molar-refractivity contribution in [1.29, 1.82) is 5.26 Å². The van der Waals surface area contributed by atoms with Crippen LogP contribution in [0.25, 0.3) is 17.4 Å². The minimum absolute atomic E-state index is 0.0221. The van der Waals surface area contributed by atoms with Gasteiger partial charge in [-0.15, -0.1) is 0 Å². The Morgan fingerprint density at radius 2 is 1.97 bits per heavy atom. The largest absolute Gasteiger partial charge is 0.457 e. The van der Waals surface area contributed by atoms with E-state index in [4.69, 9.17) is 27.6 Å². The molecular formula is C20H11Cl2N3O4. The number of anilines is 1. The lowest BCUT2D eigenvalue weighted by Crippen LogP contribution is -2.13. The molecule has 9 heteroatoms. The number of carbonyl (C=O) groups is 1. The lowest BCUT2D eigenvalue weighted by molar-refractivity contribution is -0.384. The van der Waals surface area contributed by atoms with Crippen LogP contribution in [0.5, 0.6) is 0 Å². The quantitative estimate of drug-likeness (QED) is 0.242. The SMILES string of the molecule is N#CC(=Cc1ccc(-c2cccc(Cl)c2)o1)C(=O)Nc1ccc([N+](=O)[O-])cc1Cl. The lowest BCUT2D eigenvalue weighted by atomic mass is 10.2. The minimum Gasteiger partial charge on any atom is -0.457 e. The number of non-ortho nitro benzene ring substituents is 1. The zero-order valence-corrected chi connectivity index (χ0v) is 16.1. The molecule has 1 aromatic heterocycles. The first kappa shape index (κ1) is 20.1. The van der Waals surface area contributed by atoms with E-state index in [-0.39, 0.29) is 22.0 Å². The summed E-state index contributed by atoms with van der Waals surface area (Å²) < 4.78 is 5.66. The Morgan fingerprint density at radius 3 is 2.62 bits per heavy atom.